The molecule has 4 rings (SSSR count). The van der Waals surface area contributed by atoms with Gasteiger partial charge in [-0.15, -0.1) is 0 Å². The highest BCUT2D eigenvalue weighted by atomic mass is 19.2. The summed E-state index contributed by atoms with van der Waals surface area (Å²) in [6.45, 7) is 27.5. The predicted octanol–water partition coefficient (Wildman–Crippen LogP) is 10.5. The van der Waals surface area contributed by atoms with Crippen molar-refractivity contribution >= 4 is 24.7 Å². The molecule has 3 aromatic rings. The maximum absolute atomic E-state index is 15.2. The van der Waals surface area contributed by atoms with E-state index < -0.39 is 13.4 Å². The number of aromatic nitrogens is 1. The zero-order valence-corrected chi connectivity index (χ0v) is 30.5. The average Bonchev–Trinajstić information content (AvgIpc) is 3.59. The van der Waals surface area contributed by atoms with Gasteiger partial charge in [0.05, 0.1) is 23.7 Å². The first-order valence-electron chi connectivity index (χ1n) is 16.5. The number of esters is 1. The number of carbonyl (C=O) groups excluding carboxylic acids is 1. The summed E-state index contributed by atoms with van der Waals surface area (Å²) in [5.74, 6) is -0.693. The molecule has 1 aliphatic rings. The van der Waals surface area contributed by atoms with Crippen molar-refractivity contribution in [2.24, 2.45) is 4.99 Å². The number of allylic oxidation sites excluding steroid dienone is 2. The minimum atomic E-state index is -2.91. The second-order valence-electron chi connectivity index (χ2n) is 16.7. The normalized spacial score (nSPS) is 15.2. The molecule has 250 valence electrons. The van der Waals surface area contributed by atoms with Gasteiger partial charge in [0.25, 0.3) is 0 Å². The maximum atomic E-state index is 15.2. The fraction of sp³-hybridized carbons (Fsp3) is 0.450. The number of ether oxygens (including phenoxy) is 1. The lowest BCUT2D eigenvalue weighted by Gasteiger charge is -2.26. The van der Waals surface area contributed by atoms with Crippen molar-refractivity contribution in [3.05, 3.63) is 99.9 Å². The van der Waals surface area contributed by atoms with Crippen LogP contribution in [0.1, 0.15) is 124 Å². The molecule has 0 atom stereocenters. The van der Waals surface area contributed by atoms with Crippen LogP contribution < -0.4 is 0 Å². The summed E-state index contributed by atoms with van der Waals surface area (Å²) < 4.78 is 36.7. The minimum Gasteiger partial charge on any atom is -0.462 e. The van der Waals surface area contributed by atoms with E-state index in [4.69, 9.17) is 9.73 Å². The van der Waals surface area contributed by atoms with Crippen molar-refractivity contribution < 1.29 is 18.2 Å². The number of rotatable bonds is 6. The lowest BCUT2D eigenvalue weighted by Crippen LogP contribution is -2.21. The lowest BCUT2D eigenvalue weighted by molar-refractivity contribution is -0.136. The Kier molecular flexibility index (Phi) is 9.76. The maximum Gasteiger partial charge on any atom is 0.678 e. The van der Waals surface area contributed by atoms with Crippen LogP contribution in [0.15, 0.2) is 71.4 Å². The lowest BCUT2D eigenvalue weighted by atomic mass is 9.79. The standard InChI is InChI=1S/C40H51BF2N2O2/c1-14-47-36(46)35(32-16-15-31(44-32)25-19-27(37(2,3)4)23-28(20-25)38(5,6)7)34-18-17-33(45(34)41(42)43)26-21-29(39(8,9)10)24-30(22-26)40(11,12)13/h15-24H,14H2,1-13H3/b35-32-. The van der Waals surface area contributed by atoms with Crippen molar-refractivity contribution in [1.29, 1.82) is 0 Å². The Hall–Kier alpha value is -3.74. The Bertz CT molecular complexity index is 1700. The topological polar surface area (TPSA) is 43.6 Å². The third-order valence-electron chi connectivity index (χ3n) is 8.67. The fourth-order valence-electron chi connectivity index (χ4n) is 5.59. The SMILES string of the molecule is CCOC(=O)/C(=C1/C=CC(c2cc(C(C)(C)C)cc(C(C)(C)C)c2)=N1)c1ccc(-c2cc(C(C)(C)C)cc(C(C)(C)C)c2)n1B(F)F. The van der Waals surface area contributed by atoms with Gasteiger partial charge in [0.2, 0.25) is 0 Å². The van der Waals surface area contributed by atoms with E-state index in [2.05, 4.69) is 107 Å². The Morgan fingerprint density at radius 1 is 0.702 bits per heavy atom. The van der Waals surface area contributed by atoms with Gasteiger partial charge in [0.15, 0.2) is 0 Å². The largest absolute Gasteiger partial charge is 0.678 e. The summed E-state index contributed by atoms with van der Waals surface area (Å²) in [6, 6.07) is 15.9. The van der Waals surface area contributed by atoms with Gasteiger partial charge in [-0.25, -0.2) is 9.79 Å². The van der Waals surface area contributed by atoms with Crippen molar-refractivity contribution in [1.82, 2.24) is 4.48 Å². The summed E-state index contributed by atoms with van der Waals surface area (Å²) >= 11 is 0. The van der Waals surface area contributed by atoms with Gasteiger partial charge in [-0.2, -0.15) is 0 Å². The van der Waals surface area contributed by atoms with Gasteiger partial charge >= 0.3 is 13.4 Å². The van der Waals surface area contributed by atoms with Crippen molar-refractivity contribution in [2.45, 2.75) is 112 Å². The molecule has 0 aliphatic carbocycles. The number of hydrogen-bond acceptors (Lipinski definition) is 3. The van der Waals surface area contributed by atoms with E-state index in [9.17, 15) is 4.79 Å². The molecule has 0 amide bonds. The van der Waals surface area contributed by atoms with Gasteiger partial charge in [-0.3, -0.25) is 8.63 Å². The second kappa shape index (κ2) is 12.7. The third-order valence-corrected chi connectivity index (χ3v) is 8.67. The first kappa shape index (κ1) is 36.1. The number of carbonyl (C=O) groups is 1. The zero-order valence-electron chi connectivity index (χ0n) is 30.5. The zero-order chi connectivity index (χ0) is 35.3. The van der Waals surface area contributed by atoms with Crippen LogP contribution in [0.4, 0.5) is 8.63 Å². The van der Waals surface area contributed by atoms with Crippen LogP contribution in [-0.4, -0.2) is 30.2 Å². The molecule has 2 aromatic carbocycles. The van der Waals surface area contributed by atoms with E-state index in [0.717, 1.165) is 21.2 Å². The van der Waals surface area contributed by atoms with Gasteiger partial charge in [-0.05, 0) is 105 Å². The molecule has 2 heterocycles. The molecule has 0 unspecified atom stereocenters. The molecule has 0 N–H and O–H groups in total. The van der Waals surface area contributed by atoms with Gasteiger partial charge in [0, 0.05) is 11.3 Å². The highest BCUT2D eigenvalue weighted by Crippen LogP contribution is 2.38. The first-order chi connectivity index (χ1) is 21.5. The second-order valence-corrected chi connectivity index (χ2v) is 16.7. The molecule has 0 bridgehead atoms. The molecule has 0 radical (unpaired) electrons. The molecular weight excluding hydrogens is 589 g/mol. The molecule has 1 aromatic heterocycles. The van der Waals surface area contributed by atoms with Crippen LogP contribution in [0.5, 0.6) is 0 Å². The molecule has 47 heavy (non-hydrogen) atoms. The Balaban J connectivity index is 1.97. The molecule has 0 saturated carbocycles. The summed E-state index contributed by atoms with van der Waals surface area (Å²) in [5, 5.41) is 0. The molecule has 0 spiro atoms. The van der Waals surface area contributed by atoms with Gasteiger partial charge in [0.1, 0.15) is 5.57 Å². The molecule has 1 aliphatic heterocycles. The average molecular weight is 641 g/mol. The van der Waals surface area contributed by atoms with Crippen LogP contribution in [0.3, 0.4) is 0 Å². The molecule has 4 nitrogen and oxygen atoms in total. The minimum absolute atomic E-state index is 0.00990. The smallest absolute Gasteiger partial charge is 0.462 e. The Morgan fingerprint density at radius 3 is 1.55 bits per heavy atom. The van der Waals surface area contributed by atoms with Crippen LogP contribution >= 0.6 is 0 Å². The first-order valence-corrected chi connectivity index (χ1v) is 16.5. The summed E-state index contributed by atoms with van der Waals surface area (Å²) in [7, 11) is -2.91. The Labute approximate surface area is 281 Å². The predicted molar refractivity (Wildman–Crippen MR) is 194 cm³/mol. The highest BCUT2D eigenvalue weighted by molar-refractivity contribution is 6.43. The van der Waals surface area contributed by atoms with E-state index >= 15 is 8.63 Å². The number of nitrogens with zero attached hydrogens (tertiary/aromatic N) is 2. The number of aliphatic imine (C=N–C) groups is 1. The van der Waals surface area contributed by atoms with Crippen molar-refractivity contribution in [2.75, 3.05) is 6.61 Å². The van der Waals surface area contributed by atoms with Crippen molar-refractivity contribution in [3.8, 4) is 11.3 Å². The summed E-state index contributed by atoms with van der Waals surface area (Å²) in [4.78, 5) is 18.5. The van der Waals surface area contributed by atoms with E-state index in [-0.39, 0.29) is 39.5 Å². The monoisotopic (exact) mass is 640 g/mol. The van der Waals surface area contributed by atoms with Crippen molar-refractivity contribution in [3.63, 3.8) is 0 Å². The fourth-order valence-corrected chi connectivity index (χ4v) is 5.59. The third kappa shape index (κ3) is 7.88. The van der Waals surface area contributed by atoms with E-state index in [1.165, 1.54) is 11.1 Å². The van der Waals surface area contributed by atoms with Gasteiger partial charge in [-0.1, -0.05) is 95.2 Å². The summed E-state index contributed by atoms with van der Waals surface area (Å²) in [5.41, 5.74) is 6.79. The van der Waals surface area contributed by atoms with E-state index in [1.807, 2.05) is 18.2 Å². The quantitative estimate of drug-likeness (QED) is 0.153. The van der Waals surface area contributed by atoms with Crippen LogP contribution in [0.25, 0.3) is 16.8 Å². The molecule has 7 heteroatoms. The van der Waals surface area contributed by atoms with E-state index in [0.29, 0.717) is 22.7 Å². The highest BCUT2D eigenvalue weighted by Gasteiger charge is 2.32. The van der Waals surface area contributed by atoms with Crippen LogP contribution in [0.2, 0.25) is 0 Å². The van der Waals surface area contributed by atoms with Gasteiger partial charge < -0.3 is 9.21 Å². The molecular formula is C40H51BF2N2O2. The molecule has 0 fully saturated rings. The Morgan fingerprint density at radius 2 is 1.15 bits per heavy atom. The van der Waals surface area contributed by atoms with E-state index in [1.54, 1.807) is 25.1 Å². The number of hydrogen-bond donors (Lipinski definition) is 0. The number of benzene rings is 2. The number of halogens is 2. The van der Waals surface area contributed by atoms with Crippen LogP contribution in [0, 0.1) is 0 Å². The van der Waals surface area contributed by atoms with Crippen LogP contribution in [-0.2, 0) is 31.2 Å². The molecule has 0 saturated heterocycles. The summed E-state index contributed by atoms with van der Waals surface area (Å²) in [6.07, 6.45) is 3.57.